The number of rotatable bonds is 2. The smallest absolute Gasteiger partial charge is 0.318 e. The molecule has 1 amide bonds. The lowest BCUT2D eigenvalue weighted by atomic mass is 9.86. The number of benzene rings is 1. The fourth-order valence-electron chi connectivity index (χ4n) is 3.22. The predicted molar refractivity (Wildman–Crippen MR) is 70.9 cm³/mol. The van der Waals surface area contributed by atoms with E-state index in [4.69, 9.17) is 0 Å². The number of carbonyl (C=O) groups excluding carboxylic acids is 2. The number of amides is 1. The van der Waals surface area contributed by atoms with Crippen LogP contribution in [0.15, 0.2) is 12.1 Å². The molecule has 0 aromatic heterocycles. The van der Waals surface area contributed by atoms with Crippen LogP contribution in [0.3, 0.4) is 0 Å². The van der Waals surface area contributed by atoms with E-state index in [9.17, 15) is 19.1 Å². The average Bonchev–Trinajstić information content (AvgIpc) is 3.01. The minimum atomic E-state index is -1.02. The normalized spacial score (nSPS) is 27.4. The van der Waals surface area contributed by atoms with Crippen LogP contribution in [0.1, 0.15) is 35.1 Å². The molecule has 0 bridgehead atoms. The van der Waals surface area contributed by atoms with E-state index in [0.29, 0.717) is 24.0 Å². The van der Waals surface area contributed by atoms with Crippen LogP contribution in [0.2, 0.25) is 0 Å². The lowest BCUT2D eigenvalue weighted by molar-refractivity contribution is -0.149. The lowest BCUT2D eigenvalue weighted by Gasteiger charge is -2.17. The molecule has 0 radical (unpaired) electrons. The summed E-state index contributed by atoms with van der Waals surface area (Å²) < 4.78 is 19.0. The molecule has 1 aromatic carbocycles. The van der Waals surface area contributed by atoms with Crippen molar-refractivity contribution in [3.8, 4) is 0 Å². The van der Waals surface area contributed by atoms with E-state index in [2.05, 4.69) is 10.1 Å². The van der Waals surface area contributed by atoms with Crippen LogP contribution in [-0.2, 0) is 20.7 Å². The van der Waals surface area contributed by atoms with Crippen LogP contribution in [0.4, 0.5) is 4.39 Å². The molecule has 0 saturated carbocycles. The highest BCUT2D eigenvalue weighted by Gasteiger charge is 2.43. The van der Waals surface area contributed by atoms with Crippen LogP contribution >= 0.6 is 0 Å². The number of carbonyl (C=O) groups is 2. The molecule has 1 aliphatic carbocycles. The highest BCUT2D eigenvalue weighted by molar-refractivity contribution is 6.00. The highest BCUT2D eigenvalue weighted by atomic mass is 19.1. The summed E-state index contributed by atoms with van der Waals surface area (Å²) in [5.74, 6) is -3.19. The number of fused-ring (bicyclic) bond motifs is 1. The number of esters is 1. The van der Waals surface area contributed by atoms with Gasteiger partial charge in [-0.1, -0.05) is 6.07 Å². The zero-order valence-corrected chi connectivity index (χ0v) is 11.6. The Kier molecular flexibility index (Phi) is 3.41. The topological polar surface area (TPSA) is 75.6 Å². The van der Waals surface area contributed by atoms with Gasteiger partial charge in [0.05, 0.1) is 13.2 Å². The number of ether oxygens (including phenoxy) is 1. The number of aryl methyl sites for hydroxylation is 1. The van der Waals surface area contributed by atoms with Crippen molar-refractivity contribution in [3.63, 3.8) is 0 Å². The van der Waals surface area contributed by atoms with Crippen LogP contribution in [0, 0.1) is 11.7 Å². The third-order valence-corrected chi connectivity index (χ3v) is 4.34. The number of halogens is 1. The average molecular weight is 293 g/mol. The van der Waals surface area contributed by atoms with Crippen molar-refractivity contribution in [3.05, 3.63) is 34.6 Å². The number of hydrogen-bond donors (Lipinski definition) is 2. The Labute approximate surface area is 121 Å². The van der Waals surface area contributed by atoms with Crippen LogP contribution in [0.25, 0.3) is 0 Å². The third-order valence-electron chi connectivity index (χ3n) is 4.34. The molecular formula is C15H16FNO4. The van der Waals surface area contributed by atoms with E-state index in [1.807, 2.05) is 0 Å². The SMILES string of the molecule is COC(=O)C1C(=O)NCC1c1cc2c(cc1F)C(O)CC2. The minimum Gasteiger partial charge on any atom is -0.468 e. The molecule has 112 valence electrons. The second-order valence-electron chi connectivity index (χ2n) is 5.48. The second-order valence-corrected chi connectivity index (χ2v) is 5.48. The van der Waals surface area contributed by atoms with Gasteiger partial charge in [0.15, 0.2) is 0 Å². The standard InChI is InChI=1S/C15H16FNO4/c1-21-15(20)13-10(6-17-14(13)19)9-4-7-2-3-12(18)8(7)5-11(9)16/h4-5,10,12-13,18H,2-3,6H2,1H3,(H,17,19). The fraction of sp³-hybridized carbons (Fsp3) is 0.467. The summed E-state index contributed by atoms with van der Waals surface area (Å²) in [6.07, 6.45) is 0.602. The molecule has 21 heavy (non-hydrogen) atoms. The maximum atomic E-state index is 14.3. The second kappa shape index (κ2) is 5.11. The highest BCUT2D eigenvalue weighted by Crippen LogP contribution is 2.38. The molecular weight excluding hydrogens is 277 g/mol. The predicted octanol–water partition coefficient (Wildman–Crippen LogP) is 0.808. The molecule has 3 atom stereocenters. The van der Waals surface area contributed by atoms with Crippen molar-refractivity contribution in [2.75, 3.05) is 13.7 Å². The van der Waals surface area contributed by atoms with Crippen molar-refractivity contribution >= 4 is 11.9 Å². The number of aliphatic hydroxyl groups is 1. The molecule has 1 heterocycles. The van der Waals surface area contributed by atoms with Gasteiger partial charge in [-0.25, -0.2) is 4.39 Å². The van der Waals surface area contributed by atoms with Crippen LogP contribution < -0.4 is 5.32 Å². The molecule has 1 aromatic rings. The summed E-state index contributed by atoms with van der Waals surface area (Å²) in [6, 6.07) is 2.99. The number of hydrogen-bond acceptors (Lipinski definition) is 4. The quantitative estimate of drug-likeness (QED) is 0.625. The van der Waals surface area contributed by atoms with E-state index < -0.39 is 35.6 Å². The summed E-state index contributed by atoms with van der Waals surface area (Å²) >= 11 is 0. The van der Waals surface area contributed by atoms with Crippen LogP contribution in [0.5, 0.6) is 0 Å². The van der Waals surface area contributed by atoms with Crippen molar-refractivity contribution < 1.29 is 23.8 Å². The number of nitrogens with one attached hydrogen (secondary N) is 1. The van der Waals surface area contributed by atoms with E-state index in [0.717, 1.165) is 5.56 Å². The Morgan fingerprint density at radius 2 is 2.19 bits per heavy atom. The minimum absolute atomic E-state index is 0.205. The monoisotopic (exact) mass is 293 g/mol. The molecule has 3 unspecified atom stereocenters. The molecule has 3 rings (SSSR count). The summed E-state index contributed by atoms with van der Waals surface area (Å²) in [5.41, 5.74) is 1.81. The van der Waals surface area contributed by atoms with E-state index in [1.165, 1.54) is 13.2 Å². The first kappa shape index (κ1) is 14.0. The lowest BCUT2D eigenvalue weighted by Crippen LogP contribution is -2.28. The first-order valence-electron chi connectivity index (χ1n) is 6.88. The molecule has 1 aliphatic heterocycles. The van der Waals surface area contributed by atoms with Gasteiger partial charge in [0, 0.05) is 12.5 Å². The van der Waals surface area contributed by atoms with Gasteiger partial charge in [-0.3, -0.25) is 9.59 Å². The van der Waals surface area contributed by atoms with Gasteiger partial charge in [-0.15, -0.1) is 0 Å². The summed E-state index contributed by atoms with van der Waals surface area (Å²) in [4.78, 5) is 23.5. The molecule has 0 spiro atoms. The van der Waals surface area contributed by atoms with Crippen molar-refractivity contribution in [2.45, 2.75) is 24.9 Å². The van der Waals surface area contributed by atoms with E-state index in [1.54, 1.807) is 6.07 Å². The summed E-state index contributed by atoms with van der Waals surface area (Å²) in [7, 11) is 1.21. The van der Waals surface area contributed by atoms with Crippen molar-refractivity contribution in [1.29, 1.82) is 0 Å². The Balaban J connectivity index is 2.00. The van der Waals surface area contributed by atoms with Gasteiger partial charge < -0.3 is 15.2 Å². The van der Waals surface area contributed by atoms with Crippen molar-refractivity contribution in [1.82, 2.24) is 5.32 Å². The molecule has 5 nitrogen and oxygen atoms in total. The zero-order valence-electron chi connectivity index (χ0n) is 11.6. The Bertz CT molecular complexity index is 616. The Morgan fingerprint density at radius 3 is 2.90 bits per heavy atom. The number of methoxy groups -OCH3 is 1. The summed E-state index contributed by atoms with van der Waals surface area (Å²) in [6.45, 7) is 0.205. The van der Waals surface area contributed by atoms with E-state index >= 15 is 0 Å². The maximum Gasteiger partial charge on any atom is 0.318 e. The number of aliphatic hydroxyl groups excluding tert-OH is 1. The molecule has 6 heteroatoms. The van der Waals surface area contributed by atoms with Gasteiger partial charge in [0.25, 0.3) is 0 Å². The molecule has 2 N–H and O–H groups in total. The molecule has 1 fully saturated rings. The van der Waals surface area contributed by atoms with Gasteiger partial charge in [0.2, 0.25) is 5.91 Å². The Morgan fingerprint density at radius 1 is 1.43 bits per heavy atom. The fourth-order valence-corrected chi connectivity index (χ4v) is 3.22. The zero-order chi connectivity index (χ0) is 15.1. The van der Waals surface area contributed by atoms with Crippen molar-refractivity contribution in [2.24, 2.45) is 5.92 Å². The van der Waals surface area contributed by atoms with Gasteiger partial charge in [0.1, 0.15) is 11.7 Å². The Hall–Kier alpha value is -1.95. The van der Waals surface area contributed by atoms with Gasteiger partial charge in [-0.05, 0) is 35.6 Å². The summed E-state index contributed by atoms with van der Waals surface area (Å²) in [5, 5.41) is 12.4. The largest absolute Gasteiger partial charge is 0.468 e. The van der Waals surface area contributed by atoms with Gasteiger partial charge >= 0.3 is 5.97 Å². The first-order valence-corrected chi connectivity index (χ1v) is 6.88. The van der Waals surface area contributed by atoms with E-state index in [-0.39, 0.29) is 6.54 Å². The van der Waals surface area contributed by atoms with Gasteiger partial charge in [-0.2, -0.15) is 0 Å². The third kappa shape index (κ3) is 2.19. The van der Waals surface area contributed by atoms with Crippen LogP contribution in [-0.4, -0.2) is 30.6 Å². The maximum absolute atomic E-state index is 14.3. The molecule has 2 aliphatic rings. The first-order chi connectivity index (χ1) is 10.0. The molecule has 1 saturated heterocycles.